The van der Waals surface area contributed by atoms with Crippen LogP contribution in [0, 0.1) is 34.6 Å². The van der Waals surface area contributed by atoms with Gasteiger partial charge in [-0.3, -0.25) is 15.0 Å². The molecule has 0 saturated heterocycles. The number of aromatic nitrogens is 10. The Morgan fingerprint density at radius 2 is 1.29 bits per heavy atom. The molecule has 0 aliphatic heterocycles. The Kier molecular flexibility index (Phi) is 7.47. The Bertz CT molecular complexity index is 2530. The van der Waals surface area contributed by atoms with Crippen molar-refractivity contribution in [2.45, 2.75) is 60.3 Å². The number of hydrogen-bond donors (Lipinski definition) is 0. The number of benzene rings is 2. The van der Waals surface area contributed by atoms with Crippen molar-refractivity contribution in [3.8, 4) is 11.4 Å². The Labute approximate surface area is 283 Å². The molecule has 0 amide bonds. The fraction of sp³-hybridized carbons (Fsp3) is 0.263. The molecule has 11 heteroatoms. The zero-order valence-corrected chi connectivity index (χ0v) is 28.6. The molecular formula is C38H37N10O+. The molecule has 8 aromatic rings. The summed E-state index contributed by atoms with van der Waals surface area (Å²) in [4.78, 5) is 24.0. The standard InChI is InChI=1S/C38H37N10O/c1-22-7-8-27-9-11-29(40-31(27)17-22)14-16-36-43-38-26(5)46(21-24(3)48(38)45-36)33-18-28-10-12-30(41-32(28)19-34(33)49-6)13-15-35-42-37-25(4)39-20-23(2)47(37)44-35/h7-12,17-21H,13-16H2,1-6H3/q+1. The van der Waals surface area contributed by atoms with Gasteiger partial charge in [0.05, 0.1) is 29.5 Å². The first kappa shape index (κ1) is 30.5. The lowest BCUT2D eigenvalue weighted by atomic mass is 10.1. The van der Waals surface area contributed by atoms with Crippen LogP contribution in [0.3, 0.4) is 0 Å². The van der Waals surface area contributed by atoms with E-state index < -0.39 is 0 Å². The highest BCUT2D eigenvalue weighted by Gasteiger charge is 2.24. The monoisotopic (exact) mass is 649 g/mol. The third kappa shape index (κ3) is 5.60. The van der Waals surface area contributed by atoms with Crippen molar-refractivity contribution >= 4 is 33.1 Å². The van der Waals surface area contributed by atoms with Crippen molar-refractivity contribution < 1.29 is 9.30 Å². The van der Waals surface area contributed by atoms with Gasteiger partial charge < -0.3 is 4.74 Å². The summed E-state index contributed by atoms with van der Waals surface area (Å²) >= 11 is 0. The van der Waals surface area contributed by atoms with Crippen LogP contribution in [0.15, 0.2) is 67.0 Å². The molecule has 0 fully saturated rings. The fourth-order valence-electron chi connectivity index (χ4n) is 6.44. The van der Waals surface area contributed by atoms with E-state index in [-0.39, 0.29) is 0 Å². The van der Waals surface area contributed by atoms with E-state index >= 15 is 0 Å². The highest BCUT2D eigenvalue weighted by molar-refractivity contribution is 5.83. The van der Waals surface area contributed by atoms with Crippen LogP contribution in [0.25, 0.3) is 38.8 Å². The number of methoxy groups -OCH3 is 1. The zero-order chi connectivity index (χ0) is 33.8. The molecule has 244 valence electrons. The fourth-order valence-corrected chi connectivity index (χ4v) is 6.44. The van der Waals surface area contributed by atoms with Crippen LogP contribution < -0.4 is 9.30 Å². The maximum atomic E-state index is 5.93. The predicted molar refractivity (Wildman–Crippen MR) is 187 cm³/mol. The Morgan fingerprint density at radius 1 is 0.653 bits per heavy atom. The highest BCUT2D eigenvalue weighted by atomic mass is 16.5. The molecule has 49 heavy (non-hydrogen) atoms. The molecule has 0 saturated carbocycles. The van der Waals surface area contributed by atoms with Gasteiger partial charge in [-0.1, -0.05) is 24.3 Å². The van der Waals surface area contributed by atoms with E-state index in [9.17, 15) is 0 Å². The van der Waals surface area contributed by atoms with Gasteiger partial charge in [-0.2, -0.15) is 14.8 Å². The molecule has 0 spiro atoms. The summed E-state index contributed by atoms with van der Waals surface area (Å²) in [5.74, 6) is 2.30. The van der Waals surface area contributed by atoms with E-state index in [0.717, 1.165) is 103 Å². The van der Waals surface area contributed by atoms with Gasteiger partial charge in [0.1, 0.15) is 5.69 Å². The number of aryl methyl sites for hydroxylation is 9. The second-order valence-electron chi connectivity index (χ2n) is 12.8. The zero-order valence-electron chi connectivity index (χ0n) is 28.6. The van der Waals surface area contributed by atoms with E-state index in [0.29, 0.717) is 12.8 Å². The summed E-state index contributed by atoms with van der Waals surface area (Å²) in [5, 5.41) is 11.7. The molecule has 0 atom stereocenters. The average molecular weight is 650 g/mol. The topological polar surface area (TPSA) is 112 Å². The van der Waals surface area contributed by atoms with E-state index in [1.807, 2.05) is 42.1 Å². The number of fused-ring (bicyclic) bond motifs is 4. The molecule has 0 aliphatic rings. The SMILES string of the molecule is COc1cc2nc(CCc3nc4c(C)ncc(C)n4n3)ccc2cc1-[n+]1cc(C)n2nc(CCc3ccc4ccc(C)cc4n3)nc2c1C. The van der Waals surface area contributed by atoms with Gasteiger partial charge in [-0.15, -0.1) is 0 Å². The first-order chi connectivity index (χ1) is 23.7. The minimum atomic E-state index is 0.682. The minimum Gasteiger partial charge on any atom is -0.490 e. The van der Waals surface area contributed by atoms with E-state index in [1.54, 1.807) is 7.11 Å². The molecule has 11 nitrogen and oxygen atoms in total. The van der Waals surface area contributed by atoms with Gasteiger partial charge in [0.25, 0.3) is 5.69 Å². The van der Waals surface area contributed by atoms with Crippen LogP contribution in [0.5, 0.6) is 5.75 Å². The van der Waals surface area contributed by atoms with Crippen molar-refractivity contribution in [1.82, 2.24) is 44.1 Å². The molecule has 0 bridgehead atoms. The Morgan fingerprint density at radius 3 is 1.98 bits per heavy atom. The first-order valence-corrected chi connectivity index (χ1v) is 16.5. The van der Waals surface area contributed by atoms with Crippen molar-refractivity contribution in [3.63, 3.8) is 0 Å². The van der Waals surface area contributed by atoms with Crippen LogP contribution >= 0.6 is 0 Å². The lowest BCUT2D eigenvalue weighted by Gasteiger charge is -2.09. The number of pyridine rings is 2. The van der Waals surface area contributed by atoms with Crippen LogP contribution in [-0.4, -0.2) is 51.3 Å². The van der Waals surface area contributed by atoms with Crippen molar-refractivity contribution in [1.29, 1.82) is 0 Å². The van der Waals surface area contributed by atoms with Crippen molar-refractivity contribution in [2.24, 2.45) is 0 Å². The lowest BCUT2D eigenvalue weighted by Crippen LogP contribution is -2.36. The third-order valence-electron chi connectivity index (χ3n) is 9.16. The maximum absolute atomic E-state index is 5.93. The van der Waals surface area contributed by atoms with Gasteiger partial charge in [0.2, 0.25) is 11.3 Å². The Hall–Kier alpha value is -5.84. The van der Waals surface area contributed by atoms with Crippen molar-refractivity contribution in [3.05, 3.63) is 118 Å². The normalized spacial score (nSPS) is 11.8. The minimum absolute atomic E-state index is 0.682. The molecule has 6 heterocycles. The molecule has 8 rings (SSSR count). The molecule has 6 aromatic heterocycles. The van der Waals surface area contributed by atoms with Gasteiger partial charge >= 0.3 is 0 Å². The number of hydrogen-bond acceptors (Lipinski definition) is 8. The summed E-state index contributed by atoms with van der Waals surface area (Å²) in [6, 6.07) is 18.9. The summed E-state index contributed by atoms with van der Waals surface area (Å²) in [6.45, 7) is 10.1. The van der Waals surface area contributed by atoms with Gasteiger partial charge in [0.15, 0.2) is 29.2 Å². The predicted octanol–water partition coefficient (Wildman–Crippen LogP) is 5.66. The van der Waals surface area contributed by atoms with E-state index in [2.05, 4.69) is 78.1 Å². The van der Waals surface area contributed by atoms with Gasteiger partial charge in [-0.25, -0.2) is 19.0 Å². The summed E-state index contributed by atoms with van der Waals surface area (Å²) in [6.07, 6.45) is 6.77. The van der Waals surface area contributed by atoms with Gasteiger partial charge in [0, 0.05) is 60.3 Å². The summed E-state index contributed by atoms with van der Waals surface area (Å²) in [7, 11) is 1.70. The van der Waals surface area contributed by atoms with Crippen LogP contribution in [0.1, 0.15) is 51.4 Å². The quantitative estimate of drug-likeness (QED) is 0.194. The third-order valence-corrected chi connectivity index (χ3v) is 9.16. The highest BCUT2D eigenvalue weighted by Crippen LogP contribution is 2.27. The molecule has 0 radical (unpaired) electrons. The van der Waals surface area contributed by atoms with E-state index in [1.165, 1.54) is 5.56 Å². The van der Waals surface area contributed by atoms with Crippen LogP contribution in [0.2, 0.25) is 0 Å². The largest absolute Gasteiger partial charge is 0.490 e. The number of nitrogens with zero attached hydrogens (tertiary/aromatic N) is 10. The molecule has 0 unspecified atom stereocenters. The average Bonchev–Trinajstić information content (AvgIpc) is 3.75. The van der Waals surface area contributed by atoms with E-state index in [4.69, 9.17) is 34.9 Å². The molecule has 0 aliphatic carbocycles. The molecule has 2 aromatic carbocycles. The van der Waals surface area contributed by atoms with Crippen LogP contribution in [0.4, 0.5) is 0 Å². The lowest BCUT2D eigenvalue weighted by molar-refractivity contribution is -0.602. The maximum Gasteiger partial charge on any atom is 0.254 e. The van der Waals surface area contributed by atoms with Crippen LogP contribution in [-0.2, 0) is 25.7 Å². The van der Waals surface area contributed by atoms with Crippen molar-refractivity contribution in [2.75, 3.05) is 7.11 Å². The summed E-state index contributed by atoms with van der Waals surface area (Å²) in [5.41, 5.74) is 11.4. The molecule has 0 N–H and O–H groups in total. The number of rotatable bonds is 8. The molecular weight excluding hydrogens is 612 g/mol. The first-order valence-electron chi connectivity index (χ1n) is 16.5. The Balaban J connectivity index is 1.06. The van der Waals surface area contributed by atoms with Gasteiger partial charge in [-0.05, 0) is 64.3 Å². The second kappa shape index (κ2) is 12.0. The summed E-state index contributed by atoms with van der Waals surface area (Å²) < 4.78 is 11.9. The number of ether oxygens (including phenoxy) is 1. The smallest absolute Gasteiger partial charge is 0.254 e. The second-order valence-corrected chi connectivity index (χ2v) is 12.8.